The molecule has 0 aromatic carbocycles. The summed E-state index contributed by atoms with van der Waals surface area (Å²) in [5.41, 5.74) is 4.74. The quantitative estimate of drug-likeness (QED) is 0.706. The Morgan fingerprint density at radius 1 is 1.27 bits per heavy atom. The van der Waals surface area contributed by atoms with Crippen LogP contribution in [0.4, 0.5) is 0 Å². The predicted molar refractivity (Wildman–Crippen MR) is 66.6 cm³/mol. The summed E-state index contributed by atoms with van der Waals surface area (Å²) in [6.45, 7) is 11.6. The molecule has 0 bridgehead atoms. The van der Waals surface area contributed by atoms with Gasteiger partial charge in [0.05, 0.1) is 5.69 Å². The molecule has 1 heterocycles. The molecule has 2 rings (SSSR count). The van der Waals surface area contributed by atoms with E-state index >= 15 is 0 Å². The summed E-state index contributed by atoms with van der Waals surface area (Å²) in [5.74, 6) is 0. The molecule has 0 aliphatic heterocycles. The molecule has 78 valence electrons. The number of rotatable bonds is 2. The molecule has 1 heteroatoms. The van der Waals surface area contributed by atoms with Gasteiger partial charge in [0.15, 0.2) is 0 Å². The highest BCUT2D eigenvalue weighted by Gasteiger charge is 2.17. The largest absolute Gasteiger partial charge is 0.260 e. The molecule has 0 fully saturated rings. The van der Waals surface area contributed by atoms with E-state index in [0.717, 1.165) is 12.1 Å². The Morgan fingerprint density at radius 2 is 2.00 bits per heavy atom. The molecule has 1 aliphatic carbocycles. The number of hydrogen-bond donors (Lipinski definition) is 0. The van der Waals surface area contributed by atoms with E-state index in [1.54, 1.807) is 0 Å². The zero-order chi connectivity index (χ0) is 11.3. The van der Waals surface area contributed by atoms with Gasteiger partial charge in [0.2, 0.25) is 0 Å². The fraction of sp³-hybridized carbons (Fsp3) is 0.214. The zero-order valence-corrected chi connectivity index (χ0v) is 9.46. The van der Waals surface area contributed by atoms with Crippen LogP contribution in [0.2, 0.25) is 0 Å². The smallest absolute Gasteiger partial charge is 0.0525 e. The fourth-order valence-corrected chi connectivity index (χ4v) is 1.70. The maximum absolute atomic E-state index is 4.32. The second-order valence-corrected chi connectivity index (χ2v) is 3.02. The van der Waals surface area contributed by atoms with Crippen LogP contribution in [0.5, 0.6) is 0 Å². The van der Waals surface area contributed by atoms with Gasteiger partial charge >= 0.3 is 0 Å². The van der Waals surface area contributed by atoms with Crippen molar-refractivity contribution in [2.24, 2.45) is 0 Å². The highest BCUT2D eigenvalue weighted by Crippen LogP contribution is 2.32. The van der Waals surface area contributed by atoms with Gasteiger partial charge in [0, 0.05) is 18.2 Å². The summed E-state index contributed by atoms with van der Waals surface area (Å²) in [6, 6.07) is 4.03. The van der Waals surface area contributed by atoms with Crippen LogP contribution < -0.4 is 0 Å². The lowest BCUT2D eigenvalue weighted by Gasteiger charge is -1.97. The first kappa shape index (κ1) is 11.4. The van der Waals surface area contributed by atoms with Crippen molar-refractivity contribution in [3.05, 3.63) is 60.5 Å². The third kappa shape index (κ3) is 2.07. The Bertz CT molecular complexity index is 400. The second-order valence-electron chi connectivity index (χ2n) is 3.02. The molecular weight excluding hydrogens is 182 g/mol. The van der Waals surface area contributed by atoms with Crippen LogP contribution in [0.15, 0.2) is 49.2 Å². The van der Waals surface area contributed by atoms with E-state index in [1.165, 1.54) is 16.7 Å². The van der Waals surface area contributed by atoms with E-state index in [9.17, 15) is 0 Å². The molecule has 1 aliphatic rings. The first-order valence-electron chi connectivity index (χ1n) is 5.29. The van der Waals surface area contributed by atoms with Gasteiger partial charge in [-0.05, 0) is 17.2 Å². The van der Waals surface area contributed by atoms with Crippen LogP contribution in [-0.2, 0) is 6.42 Å². The zero-order valence-electron chi connectivity index (χ0n) is 9.46. The molecule has 0 radical (unpaired) electrons. The van der Waals surface area contributed by atoms with Crippen molar-refractivity contribution in [1.82, 2.24) is 4.98 Å². The fourth-order valence-electron chi connectivity index (χ4n) is 1.70. The monoisotopic (exact) mass is 199 g/mol. The van der Waals surface area contributed by atoms with Crippen molar-refractivity contribution < 1.29 is 0 Å². The topological polar surface area (TPSA) is 12.9 Å². The molecule has 0 spiro atoms. The average molecular weight is 199 g/mol. The number of nitrogens with zero attached hydrogens (tertiary/aromatic N) is 1. The Balaban J connectivity index is 0.000000531. The summed E-state index contributed by atoms with van der Waals surface area (Å²) in [7, 11) is 0. The number of aromatic nitrogens is 1. The molecule has 1 aromatic heterocycles. The van der Waals surface area contributed by atoms with Crippen molar-refractivity contribution in [2.45, 2.75) is 20.3 Å². The van der Waals surface area contributed by atoms with Gasteiger partial charge in [0.1, 0.15) is 0 Å². The van der Waals surface area contributed by atoms with E-state index in [0.29, 0.717) is 0 Å². The lowest BCUT2D eigenvalue weighted by atomic mass is 10.1. The summed E-state index contributed by atoms with van der Waals surface area (Å²) >= 11 is 0. The highest BCUT2D eigenvalue weighted by molar-refractivity contribution is 5.83. The van der Waals surface area contributed by atoms with Gasteiger partial charge in [-0.3, -0.25) is 4.98 Å². The summed E-state index contributed by atoms with van der Waals surface area (Å²) in [4.78, 5) is 4.32. The molecule has 0 unspecified atom stereocenters. The van der Waals surface area contributed by atoms with Crippen LogP contribution in [0.25, 0.3) is 5.57 Å². The molecule has 0 saturated carbocycles. The molecule has 0 saturated heterocycles. The number of hydrogen-bond acceptors (Lipinski definition) is 1. The first-order chi connectivity index (χ1) is 7.36. The summed E-state index contributed by atoms with van der Waals surface area (Å²) in [6.07, 6.45) is 6.48. The normalized spacial score (nSPS) is 12.7. The average Bonchev–Trinajstić information content (AvgIpc) is 2.69. The van der Waals surface area contributed by atoms with Gasteiger partial charge in [-0.1, -0.05) is 45.2 Å². The Morgan fingerprint density at radius 3 is 2.60 bits per heavy atom. The molecular formula is C14H17N. The van der Waals surface area contributed by atoms with Gasteiger partial charge in [-0.2, -0.15) is 0 Å². The number of allylic oxidation sites excluding steroid dienone is 4. The van der Waals surface area contributed by atoms with E-state index in [-0.39, 0.29) is 0 Å². The van der Waals surface area contributed by atoms with Crippen LogP contribution in [0.3, 0.4) is 0 Å². The van der Waals surface area contributed by atoms with E-state index < -0.39 is 0 Å². The van der Waals surface area contributed by atoms with Gasteiger partial charge in [-0.15, -0.1) is 0 Å². The number of fused-ring (bicyclic) bond motifs is 1. The van der Waals surface area contributed by atoms with Crippen molar-refractivity contribution in [3.63, 3.8) is 0 Å². The third-order valence-corrected chi connectivity index (χ3v) is 2.33. The highest BCUT2D eigenvalue weighted by atomic mass is 14.7. The van der Waals surface area contributed by atoms with E-state index in [4.69, 9.17) is 0 Å². The van der Waals surface area contributed by atoms with Gasteiger partial charge < -0.3 is 0 Å². The van der Waals surface area contributed by atoms with Crippen LogP contribution in [-0.4, -0.2) is 4.98 Å². The van der Waals surface area contributed by atoms with E-state index in [1.807, 2.05) is 38.3 Å². The lowest BCUT2D eigenvalue weighted by molar-refractivity contribution is 1.10. The molecule has 0 amide bonds. The third-order valence-electron chi connectivity index (χ3n) is 2.33. The molecule has 0 atom stereocenters. The molecule has 1 nitrogen and oxygen atoms in total. The summed E-state index contributed by atoms with van der Waals surface area (Å²) in [5, 5.41) is 0. The predicted octanol–water partition coefficient (Wildman–Crippen LogP) is 3.79. The Kier molecular flexibility index (Phi) is 4.04. The van der Waals surface area contributed by atoms with Gasteiger partial charge in [-0.25, -0.2) is 0 Å². The maximum Gasteiger partial charge on any atom is 0.0525 e. The van der Waals surface area contributed by atoms with Crippen molar-refractivity contribution in [2.75, 3.05) is 0 Å². The molecule has 1 aromatic rings. The van der Waals surface area contributed by atoms with E-state index in [2.05, 4.69) is 24.2 Å². The molecule has 0 N–H and O–H groups in total. The second kappa shape index (κ2) is 5.30. The molecule has 15 heavy (non-hydrogen) atoms. The SMILES string of the molecule is C=CC1=C(C=C)c2cccnc2C1.CC. The van der Waals surface area contributed by atoms with Gasteiger partial charge in [0.25, 0.3) is 0 Å². The minimum atomic E-state index is 0.890. The van der Waals surface area contributed by atoms with Crippen molar-refractivity contribution in [1.29, 1.82) is 0 Å². The lowest BCUT2D eigenvalue weighted by Crippen LogP contribution is -1.86. The van der Waals surface area contributed by atoms with Crippen LogP contribution in [0.1, 0.15) is 25.1 Å². The van der Waals surface area contributed by atoms with Crippen molar-refractivity contribution in [3.8, 4) is 0 Å². The summed E-state index contributed by atoms with van der Waals surface area (Å²) < 4.78 is 0. The standard InChI is InChI=1S/C12H11N.C2H6/c1-3-9-8-12-11(10(9)4-2)6-5-7-13-12;1-2/h3-7H,1-2,8H2;1-2H3. The number of pyridine rings is 1. The van der Waals surface area contributed by atoms with Crippen LogP contribution in [0, 0.1) is 0 Å². The minimum Gasteiger partial charge on any atom is -0.260 e. The Labute approximate surface area is 91.9 Å². The Hall–Kier alpha value is -1.63. The maximum atomic E-state index is 4.32. The van der Waals surface area contributed by atoms with Crippen molar-refractivity contribution >= 4 is 5.57 Å². The first-order valence-corrected chi connectivity index (χ1v) is 5.29. The van der Waals surface area contributed by atoms with Crippen LogP contribution >= 0.6 is 0 Å². The minimum absolute atomic E-state index is 0.890.